The van der Waals surface area contributed by atoms with Crippen LogP contribution >= 0.6 is 15.9 Å². The number of rotatable bonds is 10. The Morgan fingerprint density at radius 1 is 1.00 bits per heavy atom. The number of aromatic nitrogens is 2. The number of nitrogens with zero attached hydrogens (tertiary/aromatic N) is 2. The van der Waals surface area contributed by atoms with Crippen LogP contribution in [0.5, 0.6) is 5.75 Å². The third-order valence-electron chi connectivity index (χ3n) is 5.49. The van der Waals surface area contributed by atoms with Gasteiger partial charge in [-0.3, -0.25) is 9.20 Å². The fourth-order valence-corrected chi connectivity index (χ4v) is 4.12. The van der Waals surface area contributed by atoms with E-state index in [1.54, 1.807) is 0 Å². The summed E-state index contributed by atoms with van der Waals surface area (Å²) >= 11 is 3.56. The number of imidazole rings is 1. The van der Waals surface area contributed by atoms with Gasteiger partial charge in [-0.1, -0.05) is 68.7 Å². The second kappa shape index (κ2) is 11.1. The van der Waals surface area contributed by atoms with Gasteiger partial charge in [0.15, 0.2) is 0 Å². The van der Waals surface area contributed by atoms with Gasteiger partial charge in [0.05, 0.1) is 0 Å². The monoisotopic (exact) mass is 505 g/mol. The molecule has 0 atom stereocenters. The van der Waals surface area contributed by atoms with E-state index in [1.807, 2.05) is 65.2 Å². The first-order valence-corrected chi connectivity index (χ1v) is 12.2. The Morgan fingerprint density at radius 3 is 2.61 bits per heavy atom. The number of fused-ring (bicyclic) bond motifs is 1. The average molecular weight is 506 g/mol. The summed E-state index contributed by atoms with van der Waals surface area (Å²) in [5.74, 6) is 1.17. The van der Waals surface area contributed by atoms with Crippen molar-refractivity contribution in [2.45, 2.75) is 45.6 Å². The molecule has 0 spiro atoms. The van der Waals surface area contributed by atoms with Crippen molar-refractivity contribution < 1.29 is 9.53 Å². The molecule has 4 aromatic rings. The van der Waals surface area contributed by atoms with E-state index in [2.05, 4.69) is 40.3 Å². The van der Waals surface area contributed by atoms with Crippen molar-refractivity contribution >= 4 is 33.4 Å². The van der Waals surface area contributed by atoms with E-state index in [0.717, 1.165) is 52.9 Å². The number of hydrogen-bond acceptors (Lipinski definition) is 4. The first kappa shape index (κ1) is 23.1. The molecule has 5 nitrogen and oxygen atoms in total. The second-order valence-corrected chi connectivity index (χ2v) is 8.92. The van der Waals surface area contributed by atoms with Crippen molar-refractivity contribution in [2.24, 2.45) is 0 Å². The minimum Gasteiger partial charge on any atom is -0.426 e. The number of pyridine rings is 1. The summed E-state index contributed by atoms with van der Waals surface area (Å²) in [7, 11) is 0. The summed E-state index contributed by atoms with van der Waals surface area (Å²) in [5.41, 5.74) is 3.51. The van der Waals surface area contributed by atoms with Crippen molar-refractivity contribution in [1.82, 2.24) is 9.38 Å². The lowest BCUT2D eigenvalue weighted by Crippen LogP contribution is -2.09. The molecule has 2 heterocycles. The van der Waals surface area contributed by atoms with Crippen LogP contribution in [0.3, 0.4) is 0 Å². The van der Waals surface area contributed by atoms with Gasteiger partial charge in [-0.15, -0.1) is 0 Å². The first-order valence-electron chi connectivity index (χ1n) is 11.4. The predicted molar refractivity (Wildman–Crippen MR) is 136 cm³/mol. The van der Waals surface area contributed by atoms with Gasteiger partial charge in [-0.2, -0.15) is 0 Å². The predicted octanol–water partition coefficient (Wildman–Crippen LogP) is 7.25. The molecule has 0 aliphatic carbocycles. The summed E-state index contributed by atoms with van der Waals surface area (Å²) in [4.78, 5) is 17.4. The largest absolute Gasteiger partial charge is 0.426 e. The van der Waals surface area contributed by atoms with E-state index >= 15 is 0 Å². The molecule has 0 radical (unpaired) electrons. The Labute approximate surface area is 202 Å². The van der Waals surface area contributed by atoms with Gasteiger partial charge in [0.1, 0.15) is 22.9 Å². The van der Waals surface area contributed by atoms with Gasteiger partial charge in [-0.05, 0) is 52.2 Å². The Hall–Kier alpha value is -3.12. The highest BCUT2D eigenvalue weighted by atomic mass is 79.9. The highest BCUT2D eigenvalue weighted by molar-refractivity contribution is 9.10. The average Bonchev–Trinajstić information content (AvgIpc) is 3.19. The molecule has 0 aliphatic heterocycles. The van der Waals surface area contributed by atoms with Crippen molar-refractivity contribution in [3.63, 3.8) is 0 Å². The van der Waals surface area contributed by atoms with Crippen LogP contribution in [0.15, 0.2) is 77.4 Å². The molecular weight excluding hydrogens is 478 g/mol. The number of carbonyl (C=O) groups excluding carboxylic acids is 1. The van der Waals surface area contributed by atoms with Crippen LogP contribution in [0, 0.1) is 0 Å². The van der Waals surface area contributed by atoms with Crippen LogP contribution in [-0.2, 0) is 11.3 Å². The number of nitrogens with one attached hydrogen (secondary N) is 1. The highest BCUT2D eigenvalue weighted by Gasteiger charge is 2.19. The van der Waals surface area contributed by atoms with Gasteiger partial charge >= 0.3 is 5.97 Å². The van der Waals surface area contributed by atoms with Gasteiger partial charge in [0, 0.05) is 29.2 Å². The third-order valence-corrected chi connectivity index (χ3v) is 5.95. The Bertz CT molecular complexity index is 1220. The lowest BCUT2D eigenvalue weighted by Gasteiger charge is -2.12. The minimum atomic E-state index is -0.205. The number of carbonyl (C=O) groups is 1. The van der Waals surface area contributed by atoms with E-state index in [1.165, 1.54) is 5.56 Å². The topological polar surface area (TPSA) is 55.6 Å². The Morgan fingerprint density at radius 2 is 1.79 bits per heavy atom. The van der Waals surface area contributed by atoms with Crippen molar-refractivity contribution in [3.05, 3.63) is 83.0 Å². The van der Waals surface area contributed by atoms with Crippen LogP contribution in [0.1, 0.15) is 44.6 Å². The van der Waals surface area contributed by atoms with Crippen LogP contribution < -0.4 is 10.1 Å². The van der Waals surface area contributed by atoms with E-state index in [-0.39, 0.29) is 5.97 Å². The van der Waals surface area contributed by atoms with Crippen molar-refractivity contribution in [3.8, 4) is 17.0 Å². The maximum absolute atomic E-state index is 12.5. The van der Waals surface area contributed by atoms with E-state index in [0.29, 0.717) is 18.7 Å². The quantitative estimate of drug-likeness (QED) is 0.140. The van der Waals surface area contributed by atoms with Gasteiger partial charge in [0.25, 0.3) is 0 Å². The number of halogens is 1. The maximum Gasteiger partial charge on any atom is 0.311 e. The third kappa shape index (κ3) is 5.82. The molecule has 0 aliphatic rings. The van der Waals surface area contributed by atoms with Crippen LogP contribution in [0.4, 0.5) is 5.82 Å². The maximum atomic E-state index is 12.5. The number of hydrogen-bond donors (Lipinski definition) is 1. The molecule has 4 rings (SSSR count). The van der Waals surface area contributed by atoms with Crippen molar-refractivity contribution in [1.29, 1.82) is 0 Å². The summed E-state index contributed by atoms with van der Waals surface area (Å²) in [6.07, 6.45) is 6.58. The summed E-state index contributed by atoms with van der Waals surface area (Å²) in [5, 5.41) is 3.55. The minimum absolute atomic E-state index is 0.205. The number of anilines is 1. The smallest absolute Gasteiger partial charge is 0.311 e. The van der Waals surface area contributed by atoms with Crippen molar-refractivity contribution in [2.75, 3.05) is 5.32 Å². The highest BCUT2D eigenvalue weighted by Crippen LogP contribution is 2.36. The molecular formula is C27H28BrN3O2. The zero-order valence-corrected chi connectivity index (χ0v) is 20.3. The van der Waals surface area contributed by atoms with E-state index in [9.17, 15) is 4.79 Å². The number of esters is 1. The molecule has 0 bridgehead atoms. The van der Waals surface area contributed by atoms with Gasteiger partial charge in [0.2, 0.25) is 0 Å². The number of benzene rings is 2. The summed E-state index contributed by atoms with van der Waals surface area (Å²) in [6.45, 7) is 2.80. The zero-order valence-electron chi connectivity index (χ0n) is 18.8. The van der Waals surface area contributed by atoms with Gasteiger partial charge < -0.3 is 10.1 Å². The van der Waals surface area contributed by atoms with Crippen LogP contribution in [-0.4, -0.2) is 15.4 Å². The molecule has 0 unspecified atom stereocenters. The lowest BCUT2D eigenvalue weighted by molar-refractivity contribution is -0.134. The van der Waals surface area contributed by atoms with Crippen LogP contribution in [0.25, 0.3) is 16.9 Å². The van der Waals surface area contributed by atoms with Gasteiger partial charge in [-0.25, -0.2) is 4.98 Å². The number of ether oxygens (including phenoxy) is 1. The molecule has 0 saturated carbocycles. The molecule has 0 amide bonds. The first-order chi connectivity index (χ1) is 16.2. The summed E-state index contributed by atoms with van der Waals surface area (Å²) in [6, 6.07) is 21.8. The standard InChI is InChI=1S/C27H28BrN3O2/c1-2-3-4-8-15-25(32)33-23-14-10-9-13-22(23)26-27(29-18-20-11-6-5-7-12-20)31-19-21(28)16-17-24(31)30-26/h5-7,9-14,16-17,19,29H,2-4,8,15,18H2,1H3. The van der Waals surface area contributed by atoms with Crippen LogP contribution in [0.2, 0.25) is 0 Å². The molecule has 0 fully saturated rings. The molecule has 0 saturated heterocycles. The summed E-state index contributed by atoms with van der Waals surface area (Å²) < 4.78 is 8.76. The normalized spacial score (nSPS) is 11.0. The molecule has 1 N–H and O–H groups in total. The molecule has 6 heteroatoms. The molecule has 170 valence electrons. The fourth-order valence-electron chi connectivity index (χ4n) is 3.78. The Kier molecular flexibility index (Phi) is 7.79. The molecule has 2 aromatic heterocycles. The zero-order chi connectivity index (χ0) is 23.0. The SMILES string of the molecule is CCCCCCC(=O)Oc1ccccc1-c1nc2ccc(Br)cn2c1NCc1ccccc1. The number of unbranched alkanes of at least 4 members (excludes halogenated alkanes) is 3. The van der Waals surface area contributed by atoms with E-state index in [4.69, 9.17) is 9.72 Å². The lowest BCUT2D eigenvalue weighted by atomic mass is 10.1. The second-order valence-electron chi connectivity index (χ2n) is 8.00. The fraction of sp³-hybridized carbons (Fsp3) is 0.259. The Balaban J connectivity index is 1.66. The van der Waals surface area contributed by atoms with E-state index < -0.39 is 0 Å². The molecule has 2 aromatic carbocycles. The molecule has 33 heavy (non-hydrogen) atoms. The number of para-hydroxylation sites is 1.